The third-order valence-corrected chi connectivity index (χ3v) is 7.49. The van der Waals surface area contributed by atoms with E-state index in [0.717, 1.165) is 43.7 Å². The molecule has 0 bridgehead atoms. The number of nitrogens with zero attached hydrogens (tertiary/aromatic N) is 2. The van der Waals surface area contributed by atoms with Crippen molar-refractivity contribution >= 4 is 49.5 Å². The van der Waals surface area contributed by atoms with Crippen molar-refractivity contribution in [1.29, 1.82) is 5.26 Å². The highest BCUT2D eigenvalue weighted by molar-refractivity contribution is 9.11. The van der Waals surface area contributed by atoms with Crippen molar-refractivity contribution < 1.29 is 4.79 Å². The van der Waals surface area contributed by atoms with Crippen LogP contribution >= 0.6 is 27.3 Å². The van der Waals surface area contributed by atoms with E-state index >= 15 is 0 Å². The molecule has 0 saturated heterocycles. The van der Waals surface area contributed by atoms with Crippen LogP contribution in [-0.4, -0.2) is 5.78 Å². The van der Waals surface area contributed by atoms with Gasteiger partial charge in [-0.2, -0.15) is 5.26 Å². The molecule has 4 nitrogen and oxygen atoms in total. The number of carbonyl (C=O) groups is 1. The van der Waals surface area contributed by atoms with E-state index in [1.165, 1.54) is 0 Å². The van der Waals surface area contributed by atoms with Crippen molar-refractivity contribution in [3.8, 4) is 6.07 Å². The van der Waals surface area contributed by atoms with E-state index in [4.69, 9.17) is 5.73 Å². The molecule has 3 aromatic rings. The number of allylic oxidation sites excluding steroid dienone is 3. The van der Waals surface area contributed by atoms with E-state index in [1.807, 2.05) is 41.3 Å². The van der Waals surface area contributed by atoms with Crippen molar-refractivity contribution in [1.82, 2.24) is 0 Å². The largest absolute Gasteiger partial charge is 0.384 e. The number of rotatable bonds is 2. The smallest absolute Gasteiger partial charge is 0.161 e. The number of fused-ring (bicyclic) bond motifs is 1. The number of thiophene rings is 1. The van der Waals surface area contributed by atoms with Crippen LogP contribution in [0.2, 0.25) is 0 Å². The summed E-state index contributed by atoms with van der Waals surface area (Å²) in [6.07, 6.45) is 2.05. The van der Waals surface area contributed by atoms with Crippen LogP contribution in [0.4, 0.5) is 5.69 Å². The van der Waals surface area contributed by atoms with Gasteiger partial charge in [0.05, 0.1) is 27.0 Å². The lowest BCUT2D eigenvalue weighted by Gasteiger charge is -2.39. The summed E-state index contributed by atoms with van der Waals surface area (Å²) in [6.45, 7) is 0. The molecule has 0 radical (unpaired) electrons. The first-order chi connectivity index (χ1) is 14.6. The molecule has 0 spiro atoms. The Morgan fingerprint density at radius 3 is 2.67 bits per heavy atom. The molecule has 2 heterocycles. The molecule has 148 valence electrons. The van der Waals surface area contributed by atoms with Crippen molar-refractivity contribution in [3.63, 3.8) is 0 Å². The number of halogens is 1. The number of nitriles is 1. The fourth-order valence-corrected chi connectivity index (χ4v) is 6.08. The lowest BCUT2D eigenvalue weighted by Crippen LogP contribution is -2.38. The van der Waals surface area contributed by atoms with Crippen LogP contribution in [0.3, 0.4) is 0 Å². The first kappa shape index (κ1) is 19.1. The van der Waals surface area contributed by atoms with Crippen LogP contribution in [0.1, 0.15) is 30.1 Å². The van der Waals surface area contributed by atoms with Crippen LogP contribution < -0.4 is 10.6 Å². The van der Waals surface area contributed by atoms with Crippen molar-refractivity contribution in [2.24, 2.45) is 5.73 Å². The number of hydrogen-bond donors (Lipinski definition) is 1. The molecular weight excluding hydrogens is 458 g/mol. The van der Waals surface area contributed by atoms with Crippen LogP contribution in [-0.2, 0) is 4.79 Å². The SMILES string of the molecule is N#CC1=C(N)N(c2cccc3ccccc23)C2=C(C(=O)CCC2)C1c1ccc(Br)s1. The number of ketones is 1. The third kappa shape index (κ3) is 2.89. The Balaban J connectivity index is 1.80. The standard InChI is InChI=1S/C24H18BrN3OS/c25-21-12-11-20(30-21)22-16(13-26)24(27)28(18-9-4-10-19(29)23(18)22)17-8-3-6-14-5-1-2-7-15(14)17/h1-3,5-8,11-12,22H,4,9-10,27H2. The minimum Gasteiger partial charge on any atom is -0.384 e. The number of nitrogens with two attached hydrogens (primary N) is 1. The summed E-state index contributed by atoms with van der Waals surface area (Å²) >= 11 is 5.06. The van der Waals surface area contributed by atoms with Gasteiger partial charge in [0.1, 0.15) is 5.82 Å². The lowest BCUT2D eigenvalue weighted by molar-refractivity contribution is -0.116. The summed E-state index contributed by atoms with van der Waals surface area (Å²) in [5.74, 6) is 0.119. The number of Topliss-reactive ketones (excluding diaryl/α,β-unsaturated/α-hetero) is 1. The molecule has 2 aliphatic rings. The summed E-state index contributed by atoms with van der Waals surface area (Å²) < 4.78 is 0.968. The highest BCUT2D eigenvalue weighted by atomic mass is 79.9. The summed E-state index contributed by atoms with van der Waals surface area (Å²) in [7, 11) is 0. The van der Waals surface area contributed by atoms with Crippen LogP contribution in [0.5, 0.6) is 0 Å². The first-order valence-electron chi connectivity index (χ1n) is 9.79. The van der Waals surface area contributed by atoms with Gasteiger partial charge in [0, 0.05) is 28.0 Å². The fourth-order valence-electron chi connectivity index (χ4n) is 4.53. The minimum absolute atomic E-state index is 0.108. The summed E-state index contributed by atoms with van der Waals surface area (Å²) in [6, 6.07) is 20.4. The number of anilines is 1. The Bertz CT molecular complexity index is 1290. The average Bonchev–Trinajstić information content (AvgIpc) is 3.19. The second kappa shape index (κ2) is 7.42. The Morgan fingerprint density at radius 1 is 1.10 bits per heavy atom. The highest BCUT2D eigenvalue weighted by Gasteiger charge is 2.41. The van der Waals surface area contributed by atoms with Gasteiger partial charge in [-0.1, -0.05) is 36.4 Å². The predicted octanol–water partition coefficient (Wildman–Crippen LogP) is 5.97. The van der Waals surface area contributed by atoms with Crippen LogP contribution in [0.25, 0.3) is 10.8 Å². The molecule has 1 aromatic heterocycles. The molecule has 1 atom stereocenters. The van der Waals surface area contributed by atoms with Crippen LogP contribution in [0, 0.1) is 11.3 Å². The second-order valence-corrected chi connectivity index (χ2v) is 9.95. The molecule has 1 unspecified atom stereocenters. The van der Waals surface area contributed by atoms with E-state index in [2.05, 4.69) is 40.2 Å². The zero-order valence-corrected chi connectivity index (χ0v) is 18.5. The normalized spacial score (nSPS) is 19.3. The molecule has 2 aromatic carbocycles. The van der Waals surface area contributed by atoms with Crippen LogP contribution in [0.15, 0.2) is 81.0 Å². The maximum absolute atomic E-state index is 13.2. The maximum Gasteiger partial charge on any atom is 0.161 e. The van der Waals surface area contributed by atoms with Gasteiger partial charge in [-0.3, -0.25) is 9.69 Å². The number of carbonyl (C=O) groups excluding carboxylic acids is 1. The van der Waals surface area contributed by atoms with Gasteiger partial charge in [0.2, 0.25) is 0 Å². The van der Waals surface area contributed by atoms with Gasteiger partial charge in [0.15, 0.2) is 5.78 Å². The zero-order valence-electron chi connectivity index (χ0n) is 16.1. The minimum atomic E-state index is -0.402. The molecule has 2 N–H and O–H groups in total. The summed E-state index contributed by atoms with van der Waals surface area (Å²) in [4.78, 5) is 16.1. The van der Waals surface area contributed by atoms with E-state index < -0.39 is 5.92 Å². The van der Waals surface area contributed by atoms with Crippen molar-refractivity contribution in [3.05, 3.63) is 85.9 Å². The molecule has 6 heteroatoms. The Labute approximate surface area is 187 Å². The van der Waals surface area contributed by atoms with Gasteiger partial charge in [0.25, 0.3) is 0 Å². The van der Waals surface area contributed by atoms with E-state index in [-0.39, 0.29) is 5.78 Å². The number of benzene rings is 2. The molecule has 30 heavy (non-hydrogen) atoms. The average molecular weight is 476 g/mol. The second-order valence-electron chi connectivity index (χ2n) is 7.46. The third-order valence-electron chi connectivity index (χ3n) is 5.80. The Hall–Kier alpha value is -2.88. The summed E-state index contributed by atoms with van der Waals surface area (Å²) in [5.41, 5.74) is 9.66. The fraction of sp³-hybridized carbons (Fsp3) is 0.167. The Morgan fingerprint density at radius 2 is 1.90 bits per heavy atom. The quantitative estimate of drug-likeness (QED) is 0.495. The van der Waals surface area contributed by atoms with E-state index in [0.29, 0.717) is 23.4 Å². The van der Waals surface area contributed by atoms with E-state index in [1.54, 1.807) is 11.3 Å². The van der Waals surface area contributed by atoms with Gasteiger partial charge < -0.3 is 5.73 Å². The topological polar surface area (TPSA) is 70.1 Å². The summed E-state index contributed by atoms with van der Waals surface area (Å²) in [5, 5.41) is 12.2. The van der Waals surface area contributed by atoms with Gasteiger partial charge >= 0.3 is 0 Å². The monoisotopic (exact) mass is 475 g/mol. The molecule has 1 aliphatic carbocycles. The molecule has 0 fully saturated rings. The van der Waals surface area contributed by atoms with E-state index in [9.17, 15) is 10.1 Å². The van der Waals surface area contributed by atoms with Crippen molar-refractivity contribution in [2.75, 3.05) is 4.90 Å². The molecular formula is C24H18BrN3OS. The predicted molar refractivity (Wildman–Crippen MR) is 124 cm³/mol. The van der Waals surface area contributed by atoms with Gasteiger partial charge in [-0.15, -0.1) is 11.3 Å². The highest BCUT2D eigenvalue weighted by Crippen LogP contribution is 2.48. The van der Waals surface area contributed by atoms with Gasteiger partial charge in [-0.25, -0.2) is 0 Å². The molecule has 0 saturated carbocycles. The van der Waals surface area contributed by atoms with Gasteiger partial charge in [-0.05, 0) is 52.4 Å². The molecule has 1 aliphatic heterocycles. The zero-order chi connectivity index (χ0) is 20.8. The Kier molecular flexibility index (Phi) is 4.73. The maximum atomic E-state index is 13.2. The number of hydrogen-bond acceptors (Lipinski definition) is 5. The molecule has 5 rings (SSSR count). The first-order valence-corrected chi connectivity index (χ1v) is 11.4. The van der Waals surface area contributed by atoms with Crippen molar-refractivity contribution in [2.45, 2.75) is 25.2 Å². The molecule has 0 amide bonds. The lowest BCUT2D eigenvalue weighted by atomic mass is 9.78.